The summed E-state index contributed by atoms with van der Waals surface area (Å²) >= 11 is 3.33. The number of halogens is 2. The lowest BCUT2D eigenvalue weighted by Gasteiger charge is -2.26. The molecule has 0 unspecified atom stereocenters. The van der Waals surface area contributed by atoms with Gasteiger partial charge in [-0.05, 0) is 35.6 Å². The first kappa shape index (κ1) is 14.7. The van der Waals surface area contributed by atoms with Gasteiger partial charge < -0.3 is 5.32 Å². The van der Waals surface area contributed by atoms with Crippen LogP contribution in [0.5, 0.6) is 0 Å². The Morgan fingerprint density at radius 2 is 1.94 bits per heavy atom. The van der Waals surface area contributed by atoms with Gasteiger partial charge in [-0.1, -0.05) is 43.6 Å². The lowest BCUT2D eigenvalue weighted by atomic mass is 9.85. The molecule has 0 aromatic heterocycles. The second-order valence-electron chi connectivity index (χ2n) is 5.65. The van der Waals surface area contributed by atoms with Crippen LogP contribution in [-0.2, 0) is 6.42 Å². The summed E-state index contributed by atoms with van der Waals surface area (Å²) in [7, 11) is 0. The van der Waals surface area contributed by atoms with E-state index in [0.29, 0.717) is 6.04 Å². The molecule has 1 N–H and O–H groups in total. The first-order chi connectivity index (χ1) is 7.78. The van der Waals surface area contributed by atoms with Crippen molar-refractivity contribution in [2.75, 3.05) is 6.54 Å². The summed E-state index contributed by atoms with van der Waals surface area (Å²) in [5.74, 6) is -0.179. The monoisotopic (exact) mass is 301 g/mol. The van der Waals surface area contributed by atoms with E-state index in [1.54, 1.807) is 6.07 Å². The van der Waals surface area contributed by atoms with Crippen LogP contribution in [0.1, 0.15) is 33.3 Å². The Morgan fingerprint density at radius 3 is 2.47 bits per heavy atom. The molecule has 0 radical (unpaired) electrons. The summed E-state index contributed by atoms with van der Waals surface area (Å²) in [4.78, 5) is 0. The molecule has 0 atom stereocenters. The van der Waals surface area contributed by atoms with Gasteiger partial charge in [0.2, 0.25) is 0 Å². The van der Waals surface area contributed by atoms with E-state index in [9.17, 15) is 4.39 Å². The van der Waals surface area contributed by atoms with Gasteiger partial charge in [-0.25, -0.2) is 4.39 Å². The average Bonchev–Trinajstić information content (AvgIpc) is 2.12. The van der Waals surface area contributed by atoms with Crippen molar-refractivity contribution in [3.8, 4) is 0 Å². The highest BCUT2D eigenvalue weighted by atomic mass is 79.9. The van der Waals surface area contributed by atoms with Crippen LogP contribution in [0.4, 0.5) is 4.39 Å². The molecule has 0 aliphatic heterocycles. The fourth-order valence-corrected chi connectivity index (χ4v) is 2.32. The minimum absolute atomic E-state index is 0.123. The van der Waals surface area contributed by atoms with Crippen molar-refractivity contribution in [3.05, 3.63) is 34.1 Å². The molecule has 0 bridgehead atoms. The van der Waals surface area contributed by atoms with Gasteiger partial charge in [0, 0.05) is 17.1 Å². The molecular formula is C14H21BrFN. The lowest BCUT2D eigenvalue weighted by molar-refractivity contribution is 0.325. The fraction of sp³-hybridized carbons (Fsp3) is 0.571. The predicted octanol–water partition coefficient (Wildman–Crippen LogP) is 4.15. The van der Waals surface area contributed by atoms with Crippen molar-refractivity contribution in [2.45, 2.75) is 40.2 Å². The topological polar surface area (TPSA) is 12.0 Å². The zero-order valence-corrected chi connectivity index (χ0v) is 12.6. The molecule has 0 heterocycles. The van der Waals surface area contributed by atoms with Gasteiger partial charge in [0.15, 0.2) is 0 Å². The van der Waals surface area contributed by atoms with Crippen LogP contribution in [0, 0.1) is 11.2 Å². The van der Waals surface area contributed by atoms with Crippen molar-refractivity contribution in [1.29, 1.82) is 0 Å². The molecule has 1 aromatic carbocycles. The van der Waals surface area contributed by atoms with E-state index >= 15 is 0 Å². The SMILES string of the molecule is CC(C)NCC(C)(C)Cc1cc(F)cc(Br)c1. The summed E-state index contributed by atoms with van der Waals surface area (Å²) in [5.41, 5.74) is 1.16. The molecule has 17 heavy (non-hydrogen) atoms. The van der Waals surface area contributed by atoms with E-state index in [1.165, 1.54) is 6.07 Å². The van der Waals surface area contributed by atoms with E-state index in [0.717, 1.165) is 23.0 Å². The van der Waals surface area contributed by atoms with Crippen LogP contribution in [0.3, 0.4) is 0 Å². The highest BCUT2D eigenvalue weighted by molar-refractivity contribution is 9.10. The normalized spacial score (nSPS) is 12.2. The van der Waals surface area contributed by atoms with E-state index in [2.05, 4.69) is 48.9 Å². The molecule has 96 valence electrons. The molecule has 0 spiro atoms. The Balaban J connectivity index is 2.68. The predicted molar refractivity (Wildman–Crippen MR) is 74.7 cm³/mol. The van der Waals surface area contributed by atoms with Gasteiger partial charge in [-0.2, -0.15) is 0 Å². The van der Waals surface area contributed by atoms with Crippen LogP contribution in [0.2, 0.25) is 0 Å². The highest BCUT2D eigenvalue weighted by Gasteiger charge is 2.19. The first-order valence-electron chi connectivity index (χ1n) is 5.97. The van der Waals surface area contributed by atoms with Crippen LogP contribution >= 0.6 is 15.9 Å². The second kappa shape index (κ2) is 5.96. The summed E-state index contributed by atoms with van der Waals surface area (Å²) < 4.78 is 14.1. The van der Waals surface area contributed by atoms with Crippen LogP contribution in [-0.4, -0.2) is 12.6 Å². The van der Waals surface area contributed by atoms with Crippen LogP contribution < -0.4 is 5.32 Å². The molecular weight excluding hydrogens is 281 g/mol. The summed E-state index contributed by atoms with van der Waals surface area (Å²) in [6.07, 6.45) is 0.864. The molecule has 0 fully saturated rings. The van der Waals surface area contributed by atoms with E-state index < -0.39 is 0 Å². The van der Waals surface area contributed by atoms with Gasteiger partial charge in [-0.15, -0.1) is 0 Å². The Kier molecular flexibility index (Phi) is 5.14. The standard InChI is InChI=1S/C14H21BrFN/c1-10(2)17-9-14(3,4)8-11-5-12(15)7-13(16)6-11/h5-7,10,17H,8-9H2,1-4H3. The molecule has 0 amide bonds. The summed E-state index contributed by atoms with van der Waals surface area (Å²) in [6.45, 7) is 9.59. The molecule has 0 saturated heterocycles. The first-order valence-corrected chi connectivity index (χ1v) is 6.76. The zero-order chi connectivity index (χ0) is 13.1. The Labute approximate surface area is 112 Å². The number of benzene rings is 1. The highest BCUT2D eigenvalue weighted by Crippen LogP contribution is 2.24. The molecule has 1 aromatic rings. The van der Waals surface area contributed by atoms with Gasteiger partial charge in [0.1, 0.15) is 5.82 Å². The fourth-order valence-electron chi connectivity index (χ4n) is 1.81. The molecule has 0 aliphatic rings. The smallest absolute Gasteiger partial charge is 0.124 e. The zero-order valence-electron chi connectivity index (χ0n) is 11.0. The largest absolute Gasteiger partial charge is 0.314 e. The third-order valence-electron chi connectivity index (χ3n) is 2.59. The Hall–Kier alpha value is -0.410. The Morgan fingerprint density at radius 1 is 1.29 bits per heavy atom. The van der Waals surface area contributed by atoms with Gasteiger partial charge in [0.25, 0.3) is 0 Å². The Bertz CT molecular complexity index is 354. The molecule has 1 rings (SSSR count). The maximum Gasteiger partial charge on any atom is 0.124 e. The van der Waals surface area contributed by atoms with Gasteiger partial charge in [-0.3, -0.25) is 0 Å². The number of hydrogen-bond acceptors (Lipinski definition) is 1. The number of nitrogens with one attached hydrogen (secondary N) is 1. The molecule has 1 nitrogen and oxygen atoms in total. The van der Waals surface area contributed by atoms with Crippen LogP contribution in [0.25, 0.3) is 0 Å². The lowest BCUT2D eigenvalue weighted by Crippen LogP contribution is -2.35. The van der Waals surface area contributed by atoms with Crippen molar-refractivity contribution in [1.82, 2.24) is 5.32 Å². The molecule has 0 saturated carbocycles. The number of hydrogen-bond donors (Lipinski definition) is 1. The second-order valence-corrected chi connectivity index (χ2v) is 6.57. The quantitative estimate of drug-likeness (QED) is 0.861. The summed E-state index contributed by atoms with van der Waals surface area (Å²) in [6, 6.07) is 5.57. The maximum absolute atomic E-state index is 13.3. The minimum atomic E-state index is -0.179. The van der Waals surface area contributed by atoms with Crippen LogP contribution in [0.15, 0.2) is 22.7 Å². The van der Waals surface area contributed by atoms with Gasteiger partial charge >= 0.3 is 0 Å². The van der Waals surface area contributed by atoms with E-state index in [1.807, 2.05) is 6.07 Å². The molecule has 0 aliphatic carbocycles. The van der Waals surface area contributed by atoms with Gasteiger partial charge in [0.05, 0.1) is 0 Å². The van der Waals surface area contributed by atoms with Crippen molar-refractivity contribution >= 4 is 15.9 Å². The van der Waals surface area contributed by atoms with Crippen molar-refractivity contribution < 1.29 is 4.39 Å². The third-order valence-corrected chi connectivity index (χ3v) is 3.05. The molecule has 3 heteroatoms. The van der Waals surface area contributed by atoms with Crippen molar-refractivity contribution in [2.24, 2.45) is 5.41 Å². The maximum atomic E-state index is 13.3. The average molecular weight is 302 g/mol. The minimum Gasteiger partial charge on any atom is -0.314 e. The van der Waals surface area contributed by atoms with Crippen molar-refractivity contribution in [3.63, 3.8) is 0 Å². The number of rotatable bonds is 5. The van der Waals surface area contributed by atoms with E-state index in [4.69, 9.17) is 0 Å². The van der Waals surface area contributed by atoms with E-state index in [-0.39, 0.29) is 11.2 Å². The third kappa shape index (κ3) is 5.64. The summed E-state index contributed by atoms with van der Waals surface area (Å²) in [5, 5.41) is 3.43.